The number of aliphatic hydroxyl groups is 1. The van der Waals surface area contributed by atoms with Crippen molar-refractivity contribution in [1.29, 1.82) is 0 Å². The van der Waals surface area contributed by atoms with E-state index in [9.17, 15) is 13.2 Å². The van der Waals surface area contributed by atoms with Crippen LogP contribution < -0.4 is 5.32 Å². The van der Waals surface area contributed by atoms with E-state index in [2.05, 4.69) is 5.32 Å². The summed E-state index contributed by atoms with van der Waals surface area (Å²) in [6.45, 7) is 4.00. The Morgan fingerprint density at radius 1 is 1.50 bits per heavy atom. The molecule has 106 valence electrons. The maximum atomic E-state index is 12.0. The molecule has 0 aromatic carbocycles. The van der Waals surface area contributed by atoms with Gasteiger partial charge < -0.3 is 10.4 Å². The van der Waals surface area contributed by atoms with Crippen LogP contribution in [0.15, 0.2) is 0 Å². The van der Waals surface area contributed by atoms with E-state index in [1.54, 1.807) is 13.8 Å². The third-order valence-electron chi connectivity index (χ3n) is 3.08. The van der Waals surface area contributed by atoms with Crippen LogP contribution in [0.4, 0.5) is 0 Å². The molecule has 1 aliphatic heterocycles. The number of piperidine rings is 1. The van der Waals surface area contributed by atoms with E-state index in [0.29, 0.717) is 19.4 Å². The molecule has 6 nitrogen and oxygen atoms in total. The summed E-state index contributed by atoms with van der Waals surface area (Å²) in [5.41, 5.74) is -0.676. The van der Waals surface area contributed by atoms with Crippen LogP contribution in [0, 0.1) is 5.92 Å². The van der Waals surface area contributed by atoms with E-state index in [-0.39, 0.29) is 25.0 Å². The predicted octanol–water partition coefficient (Wildman–Crippen LogP) is -0.455. The van der Waals surface area contributed by atoms with Crippen molar-refractivity contribution in [2.45, 2.75) is 32.2 Å². The minimum absolute atomic E-state index is 0.152. The topological polar surface area (TPSA) is 86.7 Å². The second kappa shape index (κ2) is 5.54. The van der Waals surface area contributed by atoms with Crippen LogP contribution in [0.3, 0.4) is 0 Å². The van der Waals surface area contributed by atoms with Crippen LogP contribution in [0.5, 0.6) is 0 Å². The summed E-state index contributed by atoms with van der Waals surface area (Å²) in [6, 6.07) is 0. The highest BCUT2D eigenvalue weighted by Crippen LogP contribution is 2.19. The van der Waals surface area contributed by atoms with Gasteiger partial charge in [0, 0.05) is 13.1 Å². The van der Waals surface area contributed by atoms with Crippen LogP contribution in [0.1, 0.15) is 26.7 Å². The summed E-state index contributed by atoms with van der Waals surface area (Å²) >= 11 is 0. The van der Waals surface area contributed by atoms with Crippen molar-refractivity contribution in [2.24, 2.45) is 5.92 Å². The highest BCUT2D eigenvalue weighted by atomic mass is 32.2. The zero-order valence-corrected chi connectivity index (χ0v) is 12.0. The fourth-order valence-electron chi connectivity index (χ4n) is 1.93. The van der Waals surface area contributed by atoms with Gasteiger partial charge in [-0.3, -0.25) is 4.79 Å². The molecule has 1 heterocycles. The van der Waals surface area contributed by atoms with Gasteiger partial charge in [0.1, 0.15) is 0 Å². The summed E-state index contributed by atoms with van der Waals surface area (Å²) in [5.74, 6) is -0.526. The zero-order chi connectivity index (χ0) is 14.0. The van der Waals surface area contributed by atoms with Crippen molar-refractivity contribution < 1.29 is 18.3 Å². The minimum atomic E-state index is -3.24. The number of rotatable bonds is 4. The second-order valence-electron chi connectivity index (χ2n) is 5.49. The lowest BCUT2D eigenvalue weighted by Gasteiger charge is -2.32. The molecule has 0 aromatic rings. The molecule has 1 amide bonds. The van der Waals surface area contributed by atoms with Crippen LogP contribution in [-0.4, -0.2) is 55.2 Å². The number of aliphatic hydroxyl groups excluding tert-OH is 1. The third kappa shape index (κ3) is 4.22. The van der Waals surface area contributed by atoms with Gasteiger partial charge in [-0.05, 0) is 26.7 Å². The van der Waals surface area contributed by atoms with Crippen molar-refractivity contribution in [2.75, 3.05) is 26.0 Å². The average molecular weight is 278 g/mol. The largest absolute Gasteiger partial charge is 0.394 e. The molecule has 1 unspecified atom stereocenters. The molecule has 0 bridgehead atoms. The lowest BCUT2D eigenvalue weighted by Crippen LogP contribution is -2.52. The summed E-state index contributed by atoms with van der Waals surface area (Å²) < 4.78 is 24.2. The molecule has 0 aliphatic carbocycles. The van der Waals surface area contributed by atoms with Crippen LogP contribution in [0.2, 0.25) is 0 Å². The van der Waals surface area contributed by atoms with Crippen LogP contribution >= 0.6 is 0 Å². The smallest absolute Gasteiger partial charge is 0.224 e. The van der Waals surface area contributed by atoms with Gasteiger partial charge in [-0.2, -0.15) is 0 Å². The number of carbonyl (C=O) groups is 1. The Morgan fingerprint density at radius 3 is 2.61 bits per heavy atom. The predicted molar refractivity (Wildman–Crippen MR) is 68.4 cm³/mol. The van der Waals surface area contributed by atoms with Gasteiger partial charge in [0.25, 0.3) is 0 Å². The first kappa shape index (κ1) is 15.4. The number of hydrogen-bond acceptors (Lipinski definition) is 4. The van der Waals surface area contributed by atoms with Gasteiger partial charge >= 0.3 is 0 Å². The SMILES string of the molecule is CC(C)(CO)NC(=O)C1CCCN(S(C)(=O)=O)C1. The normalized spacial score (nSPS) is 22.8. The van der Waals surface area contributed by atoms with Gasteiger partial charge in [-0.25, -0.2) is 12.7 Å². The maximum Gasteiger partial charge on any atom is 0.224 e. The van der Waals surface area contributed by atoms with Gasteiger partial charge in [-0.1, -0.05) is 0 Å². The van der Waals surface area contributed by atoms with E-state index in [4.69, 9.17) is 5.11 Å². The standard InChI is InChI=1S/C11H22N2O4S/c1-11(2,8-14)12-10(15)9-5-4-6-13(7-9)18(3,16)17/h9,14H,4-8H2,1-3H3,(H,12,15). The molecule has 0 spiro atoms. The highest BCUT2D eigenvalue weighted by molar-refractivity contribution is 7.88. The molecule has 7 heteroatoms. The van der Waals surface area contributed by atoms with Crippen molar-refractivity contribution in [1.82, 2.24) is 9.62 Å². The molecule has 0 radical (unpaired) electrons. The summed E-state index contributed by atoms with van der Waals surface area (Å²) in [6.07, 6.45) is 2.52. The minimum Gasteiger partial charge on any atom is -0.394 e. The number of nitrogens with zero attached hydrogens (tertiary/aromatic N) is 1. The molecule has 1 rings (SSSR count). The molecular formula is C11H22N2O4S. The van der Waals surface area contributed by atoms with E-state index in [1.807, 2.05) is 0 Å². The zero-order valence-electron chi connectivity index (χ0n) is 11.1. The molecule has 18 heavy (non-hydrogen) atoms. The molecule has 0 aromatic heterocycles. The third-order valence-corrected chi connectivity index (χ3v) is 4.35. The van der Waals surface area contributed by atoms with E-state index in [0.717, 1.165) is 6.26 Å². The molecule has 1 saturated heterocycles. The highest BCUT2D eigenvalue weighted by Gasteiger charge is 2.32. The Labute approximate surface area is 108 Å². The number of sulfonamides is 1. The van der Waals surface area contributed by atoms with Crippen molar-refractivity contribution in [3.63, 3.8) is 0 Å². The van der Waals surface area contributed by atoms with Crippen molar-refractivity contribution in [3.05, 3.63) is 0 Å². The Bertz CT molecular complexity index is 405. The van der Waals surface area contributed by atoms with Gasteiger partial charge in [0.15, 0.2) is 0 Å². The second-order valence-corrected chi connectivity index (χ2v) is 7.47. The van der Waals surface area contributed by atoms with Gasteiger partial charge in [0.05, 0.1) is 24.3 Å². The summed E-state index contributed by atoms with van der Waals surface area (Å²) in [4.78, 5) is 12.0. The molecule has 2 N–H and O–H groups in total. The van der Waals surface area contributed by atoms with Gasteiger partial charge in [0.2, 0.25) is 15.9 Å². The maximum absolute atomic E-state index is 12.0. The average Bonchev–Trinajstić information content (AvgIpc) is 2.27. The Balaban J connectivity index is 2.65. The fraction of sp³-hybridized carbons (Fsp3) is 0.909. The number of hydrogen-bond donors (Lipinski definition) is 2. The lowest BCUT2D eigenvalue weighted by atomic mass is 9.97. The molecular weight excluding hydrogens is 256 g/mol. The first-order valence-electron chi connectivity index (χ1n) is 6.04. The Hall–Kier alpha value is -0.660. The first-order chi connectivity index (χ1) is 8.15. The number of nitrogens with one attached hydrogen (secondary N) is 1. The number of carbonyl (C=O) groups excluding carboxylic acids is 1. The van der Waals surface area contributed by atoms with Crippen LogP contribution in [0.25, 0.3) is 0 Å². The van der Waals surface area contributed by atoms with Crippen molar-refractivity contribution >= 4 is 15.9 Å². The summed E-state index contributed by atoms with van der Waals surface area (Å²) in [7, 11) is -3.24. The van der Waals surface area contributed by atoms with E-state index in [1.165, 1.54) is 4.31 Å². The van der Waals surface area contributed by atoms with Gasteiger partial charge in [-0.15, -0.1) is 0 Å². The Kier molecular flexibility index (Phi) is 4.74. The monoisotopic (exact) mass is 278 g/mol. The first-order valence-corrected chi connectivity index (χ1v) is 7.88. The fourth-order valence-corrected chi connectivity index (χ4v) is 2.84. The molecule has 1 atom stereocenters. The van der Waals surface area contributed by atoms with Crippen molar-refractivity contribution in [3.8, 4) is 0 Å². The molecule has 1 aliphatic rings. The molecule has 0 saturated carbocycles. The lowest BCUT2D eigenvalue weighted by molar-refractivity contribution is -0.128. The van der Waals surface area contributed by atoms with Crippen LogP contribution in [-0.2, 0) is 14.8 Å². The molecule has 1 fully saturated rings. The summed E-state index contributed by atoms with van der Waals surface area (Å²) in [5, 5.41) is 11.8. The van der Waals surface area contributed by atoms with E-state index < -0.39 is 15.6 Å². The van der Waals surface area contributed by atoms with E-state index >= 15 is 0 Å². The number of amides is 1. The quantitative estimate of drug-likeness (QED) is 0.729. The Morgan fingerprint density at radius 2 is 2.11 bits per heavy atom.